The standard InChI is InChI=1S/C21H32O5/c1-3-4-5-6-7-8-9-12-15-25-20(22)16-24-17-21(23)26-19-14-11-10-13-18(19)2/h10-11,13-14H,3-9,12,15-17H2,1-2H3. The number of esters is 2. The number of hydrogen-bond donors (Lipinski definition) is 0. The quantitative estimate of drug-likeness (QED) is 0.274. The topological polar surface area (TPSA) is 61.8 Å². The van der Waals surface area contributed by atoms with Crippen molar-refractivity contribution in [1.29, 1.82) is 0 Å². The van der Waals surface area contributed by atoms with Crippen LogP contribution < -0.4 is 4.74 Å². The third-order valence-corrected chi connectivity index (χ3v) is 4.02. The second kappa shape index (κ2) is 14.3. The summed E-state index contributed by atoms with van der Waals surface area (Å²) in [5.41, 5.74) is 0.866. The van der Waals surface area contributed by atoms with Gasteiger partial charge < -0.3 is 14.2 Å². The third kappa shape index (κ3) is 10.9. The van der Waals surface area contributed by atoms with Gasteiger partial charge in [-0.2, -0.15) is 0 Å². The largest absolute Gasteiger partial charge is 0.464 e. The van der Waals surface area contributed by atoms with Gasteiger partial charge >= 0.3 is 11.9 Å². The average Bonchev–Trinajstić information content (AvgIpc) is 2.62. The maximum atomic E-state index is 11.7. The highest BCUT2D eigenvalue weighted by Gasteiger charge is 2.09. The number of rotatable bonds is 14. The molecule has 1 rings (SSSR count). The van der Waals surface area contributed by atoms with Crippen LogP contribution >= 0.6 is 0 Å². The van der Waals surface area contributed by atoms with E-state index in [4.69, 9.17) is 14.2 Å². The van der Waals surface area contributed by atoms with E-state index < -0.39 is 11.9 Å². The van der Waals surface area contributed by atoms with Gasteiger partial charge in [-0.15, -0.1) is 0 Å². The highest BCUT2D eigenvalue weighted by Crippen LogP contribution is 2.16. The number of aryl methyl sites for hydroxylation is 1. The van der Waals surface area contributed by atoms with Gasteiger partial charge in [0.05, 0.1) is 6.61 Å². The highest BCUT2D eigenvalue weighted by molar-refractivity contribution is 5.75. The summed E-state index contributed by atoms with van der Waals surface area (Å²) in [6.45, 7) is 3.96. The van der Waals surface area contributed by atoms with Crippen molar-refractivity contribution in [1.82, 2.24) is 0 Å². The first-order chi connectivity index (χ1) is 12.6. The minimum atomic E-state index is -0.532. The smallest absolute Gasteiger partial charge is 0.337 e. The molecule has 0 aliphatic heterocycles. The molecule has 0 saturated heterocycles. The fourth-order valence-corrected chi connectivity index (χ4v) is 2.50. The van der Waals surface area contributed by atoms with Gasteiger partial charge in [0.15, 0.2) is 0 Å². The van der Waals surface area contributed by atoms with E-state index >= 15 is 0 Å². The third-order valence-electron chi connectivity index (χ3n) is 4.02. The van der Waals surface area contributed by atoms with Gasteiger partial charge in [0, 0.05) is 0 Å². The van der Waals surface area contributed by atoms with E-state index in [-0.39, 0.29) is 13.2 Å². The van der Waals surface area contributed by atoms with Crippen molar-refractivity contribution < 1.29 is 23.8 Å². The van der Waals surface area contributed by atoms with Crippen LogP contribution in [0, 0.1) is 6.92 Å². The summed E-state index contributed by atoms with van der Waals surface area (Å²) in [6, 6.07) is 7.22. The molecule has 0 saturated carbocycles. The first-order valence-corrected chi connectivity index (χ1v) is 9.63. The van der Waals surface area contributed by atoms with Crippen molar-refractivity contribution in [3.63, 3.8) is 0 Å². The summed E-state index contributed by atoms with van der Waals surface area (Å²) in [5.74, 6) is -0.481. The summed E-state index contributed by atoms with van der Waals surface area (Å²) in [5, 5.41) is 0. The van der Waals surface area contributed by atoms with Crippen LogP contribution in [0.25, 0.3) is 0 Å². The Morgan fingerprint density at radius 2 is 1.46 bits per heavy atom. The molecule has 0 aliphatic rings. The Labute approximate surface area is 157 Å². The predicted octanol–water partition coefficient (Wildman–Crippen LogP) is 4.60. The van der Waals surface area contributed by atoms with Crippen molar-refractivity contribution in [2.24, 2.45) is 0 Å². The van der Waals surface area contributed by atoms with Gasteiger partial charge in [0.2, 0.25) is 0 Å². The maximum Gasteiger partial charge on any atom is 0.337 e. The molecule has 0 N–H and O–H groups in total. The van der Waals surface area contributed by atoms with Gasteiger partial charge in [-0.3, -0.25) is 0 Å². The zero-order valence-corrected chi connectivity index (χ0v) is 16.1. The maximum absolute atomic E-state index is 11.7. The SMILES string of the molecule is CCCCCCCCCCOC(=O)COCC(=O)Oc1ccccc1C. The molecule has 1 aromatic rings. The Kier molecular flexibility index (Phi) is 12.2. The lowest BCUT2D eigenvalue weighted by atomic mass is 10.1. The molecule has 0 atom stereocenters. The first kappa shape index (κ1) is 22.2. The zero-order chi connectivity index (χ0) is 19.0. The van der Waals surface area contributed by atoms with E-state index in [1.807, 2.05) is 19.1 Å². The molecule has 1 aromatic carbocycles. The second-order valence-corrected chi connectivity index (χ2v) is 6.43. The zero-order valence-electron chi connectivity index (χ0n) is 16.1. The lowest BCUT2D eigenvalue weighted by molar-refractivity contribution is -0.152. The lowest BCUT2D eigenvalue weighted by Crippen LogP contribution is -2.20. The molecule has 0 heterocycles. The van der Waals surface area contributed by atoms with Gasteiger partial charge in [0.1, 0.15) is 19.0 Å². The molecule has 146 valence electrons. The molecular formula is C21H32O5. The van der Waals surface area contributed by atoms with E-state index in [1.54, 1.807) is 12.1 Å². The fraction of sp³-hybridized carbons (Fsp3) is 0.619. The molecule has 0 aromatic heterocycles. The molecule has 26 heavy (non-hydrogen) atoms. The van der Waals surface area contributed by atoms with Gasteiger partial charge in [-0.25, -0.2) is 9.59 Å². The number of unbranched alkanes of at least 4 members (excludes halogenated alkanes) is 7. The fourth-order valence-electron chi connectivity index (χ4n) is 2.50. The van der Waals surface area contributed by atoms with Crippen LogP contribution in [-0.2, 0) is 19.1 Å². The van der Waals surface area contributed by atoms with E-state index in [9.17, 15) is 9.59 Å². The van der Waals surface area contributed by atoms with Crippen molar-refractivity contribution in [3.8, 4) is 5.75 Å². The van der Waals surface area contributed by atoms with Crippen LogP contribution in [0.2, 0.25) is 0 Å². The summed E-state index contributed by atoms with van der Waals surface area (Å²) in [7, 11) is 0. The van der Waals surface area contributed by atoms with Gasteiger partial charge in [-0.1, -0.05) is 70.1 Å². The van der Waals surface area contributed by atoms with E-state index in [1.165, 1.54) is 38.5 Å². The molecular weight excluding hydrogens is 332 g/mol. The van der Waals surface area contributed by atoms with Crippen LogP contribution in [-0.4, -0.2) is 31.8 Å². The Bertz CT molecular complexity index is 527. The van der Waals surface area contributed by atoms with Gasteiger partial charge in [0.25, 0.3) is 0 Å². The van der Waals surface area contributed by atoms with Crippen LogP contribution in [0.4, 0.5) is 0 Å². The van der Waals surface area contributed by atoms with Crippen LogP contribution in [0.3, 0.4) is 0 Å². The number of benzene rings is 1. The summed E-state index contributed by atoms with van der Waals surface area (Å²) >= 11 is 0. The number of carbonyl (C=O) groups excluding carboxylic acids is 2. The minimum Gasteiger partial charge on any atom is -0.464 e. The molecule has 0 spiro atoms. The van der Waals surface area contributed by atoms with Crippen LogP contribution in [0.5, 0.6) is 5.75 Å². The van der Waals surface area contributed by atoms with Crippen LogP contribution in [0.1, 0.15) is 63.9 Å². The van der Waals surface area contributed by atoms with Crippen molar-refractivity contribution >= 4 is 11.9 Å². The van der Waals surface area contributed by atoms with Crippen molar-refractivity contribution in [2.75, 3.05) is 19.8 Å². The number of para-hydroxylation sites is 1. The number of ether oxygens (including phenoxy) is 3. The number of carbonyl (C=O) groups is 2. The Hall–Kier alpha value is -1.88. The summed E-state index contributed by atoms with van der Waals surface area (Å²) in [4.78, 5) is 23.2. The highest BCUT2D eigenvalue weighted by atomic mass is 16.6. The Morgan fingerprint density at radius 1 is 0.846 bits per heavy atom. The monoisotopic (exact) mass is 364 g/mol. The minimum absolute atomic E-state index is 0.236. The molecule has 0 amide bonds. The molecule has 0 unspecified atom stereocenters. The first-order valence-electron chi connectivity index (χ1n) is 9.63. The second-order valence-electron chi connectivity index (χ2n) is 6.43. The van der Waals surface area contributed by atoms with Crippen LogP contribution in [0.15, 0.2) is 24.3 Å². The number of hydrogen-bond acceptors (Lipinski definition) is 5. The summed E-state index contributed by atoms with van der Waals surface area (Å²) < 4.78 is 15.3. The molecule has 5 nitrogen and oxygen atoms in total. The predicted molar refractivity (Wildman–Crippen MR) is 101 cm³/mol. The van der Waals surface area contributed by atoms with Crippen molar-refractivity contribution in [3.05, 3.63) is 29.8 Å². The normalized spacial score (nSPS) is 10.5. The Balaban J connectivity index is 1.98. The van der Waals surface area contributed by atoms with E-state index in [2.05, 4.69) is 6.92 Å². The lowest BCUT2D eigenvalue weighted by Gasteiger charge is -2.08. The van der Waals surface area contributed by atoms with E-state index in [0.29, 0.717) is 12.4 Å². The molecule has 0 aliphatic carbocycles. The van der Waals surface area contributed by atoms with Crippen molar-refractivity contribution in [2.45, 2.75) is 65.2 Å². The Morgan fingerprint density at radius 3 is 2.15 bits per heavy atom. The molecule has 0 radical (unpaired) electrons. The van der Waals surface area contributed by atoms with Gasteiger partial charge in [-0.05, 0) is 25.0 Å². The van der Waals surface area contributed by atoms with E-state index in [0.717, 1.165) is 18.4 Å². The summed E-state index contributed by atoms with van der Waals surface area (Å²) in [6.07, 6.45) is 9.56. The molecule has 0 bridgehead atoms. The average molecular weight is 364 g/mol. The molecule has 5 heteroatoms. The molecule has 0 fully saturated rings.